The zero-order chi connectivity index (χ0) is 5.54. The highest BCUT2D eigenvalue weighted by Gasteiger charge is 1.76. The van der Waals surface area contributed by atoms with Gasteiger partial charge in [-0.15, -0.1) is 0 Å². The molecule has 4 heteroatoms. The van der Waals surface area contributed by atoms with Gasteiger partial charge in [0, 0.05) is 13.1 Å². The summed E-state index contributed by atoms with van der Waals surface area (Å²) >= 11 is 0. The van der Waals surface area contributed by atoms with Crippen LogP contribution in [0.3, 0.4) is 0 Å². The molecule has 0 amide bonds. The lowest BCUT2D eigenvalue weighted by atomic mass is 10.6. The smallest absolute Gasteiger partial charge is 0.0931 e. The minimum atomic E-state index is 0.0156. The lowest BCUT2D eigenvalue weighted by Crippen LogP contribution is -2.31. The number of rotatable bonds is 4. The molecule has 0 aromatic rings. The van der Waals surface area contributed by atoms with Crippen molar-refractivity contribution >= 4 is 0 Å². The van der Waals surface area contributed by atoms with Gasteiger partial charge in [-0.05, 0) is 0 Å². The summed E-state index contributed by atoms with van der Waals surface area (Å²) in [6.07, 6.45) is 0. The normalized spacial score (nSPS) is 9.43. The Kier molecular flexibility index (Phi) is 5.71. The summed E-state index contributed by atoms with van der Waals surface area (Å²) in [7, 11) is 0. The highest BCUT2D eigenvalue weighted by atomic mass is 16.3. The highest BCUT2D eigenvalue weighted by molar-refractivity contribution is 4.39. The third-order valence-corrected chi connectivity index (χ3v) is 0.558. The van der Waals surface area contributed by atoms with E-state index >= 15 is 0 Å². The van der Waals surface area contributed by atoms with Gasteiger partial charge in [-0.2, -0.15) is 0 Å². The predicted octanol–water partition coefficient (Wildman–Crippen LogP) is -2.01. The maximum atomic E-state index is 8.11. The molecule has 0 saturated heterocycles. The fourth-order valence-corrected chi connectivity index (χ4v) is 0.240. The zero-order valence-electron chi connectivity index (χ0n) is 4.15. The molecule has 0 spiro atoms. The van der Waals surface area contributed by atoms with Crippen molar-refractivity contribution in [3.8, 4) is 0 Å². The van der Waals surface area contributed by atoms with Gasteiger partial charge in [0.1, 0.15) is 0 Å². The lowest BCUT2D eigenvalue weighted by molar-refractivity contribution is 0.261. The van der Waals surface area contributed by atoms with Crippen LogP contribution in [-0.2, 0) is 0 Å². The standard InChI is InChI=1S/C3H11N3O/c4-6-2-1-5-3-7/h5-7H,1-4H2. The average molecular weight is 105 g/mol. The van der Waals surface area contributed by atoms with Gasteiger partial charge in [-0.25, -0.2) is 0 Å². The Morgan fingerprint density at radius 3 is 2.57 bits per heavy atom. The van der Waals surface area contributed by atoms with Crippen LogP contribution in [0.2, 0.25) is 0 Å². The number of nitrogens with one attached hydrogen (secondary N) is 2. The first-order valence-electron chi connectivity index (χ1n) is 2.17. The summed E-state index contributed by atoms with van der Waals surface area (Å²) in [6.45, 7) is 1.40. The van der Waals surface area contributed by atoms with Crippen molar-refractivity contribution in [1.82, 2.24) is 10.7 Å². The maximum Gasteiger partial charge on any atom is 0.0931 e. The van der Waals surface area contributed by atoms with E-state index in [1.54, 1.807) is 0 Å². The van der Waals surface area contributed by atoms with Crippen LogP contribution in [0.25, 0.3) is 0 Å². The minimum Gasteiger partial charge on any atom is -0.381 e. The molecular formula is C3H11N3O. The second-order valence-electron chi connectivity index (χ2n) is 1.11. The summed E-state index contributed by atoms with van der Waals surface area (Å²) in [5.74, 6) is 4.90. The Balaban J connectivity index is 2.45. The van der Waals surface area contributed by atoms with Crippen molar-refractivity contribution in [3.05, 3.63) is 0 Å². The molecule has 0 aliphatic heterocycles. The van der Waals surface area contributed by atoms with Crippen molar-refractivity contribution in [2.24, 2.45) is 5.84 Å². The van der Waals surface area contributed by atoms with Crippen molar-refractivity contribution in [3.63, 3.8) is 0 Å². The molecule has 0 heterocycles. The molecule has 0 aromatic carbocycles. The number of hydrogen-bond donors (Lipinski definition) is 4. The van der Waals surface area contributed by atoms with Crippen LogP contribution in [0.5, 0.6) is 0 Å². The molecule has 0 aliphatic rings. The monoisotopic (exact) mass is 105 g/mol. The number of hydrogen-bond acceptors (Lipinski definition) is 4. The Morgan fingerprint density at radius 1 is 1.43 bits per heavy atom. The van der Waals surface area contributed by atoms with E-state index in [9.17, 15) is 0 Å². The highest BCUT2D eigenvalue weighted by Crippen LogP contribution is 1.48. The molecule has 0 atom stereocenters. The summed E-state index contributed by atoms with van der Waals surface area (Å²) in [4.78, 5) is 0. The van der Waals surface area contributed by atoms with Crippen LogP contribution >= 0.6 is 0 Å². The zero-order valence-corrected chi connectivity index (χ0v) is 4.15. The predicted molar refractivity (Wildman–Crippen MR) is 27.3 cm³/mol. The van der Waals surface area contributed by atoms with Crippen LogP contribution in [0.4, 0.5) is 0 Å². The molecule has 0 fully saturated rings. The molecule has 0 unspecified atom stereocenters. The van der Waals surface area contributed by atoms with Crippen LogP contribution in [-0.4, -0.2) is 24.9 Å². The van der Waals surface area contributed by atoms with E-state index in [1.807, 2.05) is 0 Å². The van der Waals surface area contributed by atoms with E-state index in [0.29, 0.717) is 13.1 Å². The Morgan fingerprint density at radius 2 is 2.14 bits per heavy atom. The number of hydrazine groups is 1. The van der Waals surface area contributed by atoms with Crippen molar-refractivity contribution < 1.29 is 5.11 Å². The van der Waals surface area contributed by atoms with Crippen LogP contribution in [0, 0.1) is 0 Å². The number of nitrogens with two attached hydrogens (primary N) is 1. The first-order chi connectivity index (χ1) is 3.41. The molecular weight excluding hydrogens is 94.1 g/mol. The minimum absolute atomic E-state index is 0.0156. The number of aliphatic hydroxyl groups is 1. The van der Waals surface area contributed by atoms with Gasteiger partial charge >= 0.3 is 0 Å². The molecule has 0 saturated carbocycles. The van der Waals surface area contributed by atoms with Gasteiger partial charge in [-0.3, -0.25) is 16.6 Å². The molecule has 7 heavy (non-hydrogen) atoms. The van der Waals surface area contributed by atoms with Gasteiger partial charge in [0.2, 0.25) is 0 Å². The molecule has 4 nitrogen and oxygen atoms in total. The molecule has 0 aromatic heterocycles. The lowest BCUT2D eigenvalue weighted by Gasteiger charge is -1.96. The van der Waals surface area contributed by atoms with Gasteiger partial charge in [0.15, 0.2) is 0 Å². The van der Waals surface area contributed by atoms with Crippen molar-refractivity contribution in [2.45, 2.75) is 0 Å². The van der Waals surface area contributed by atoms with E-state index in [0.717, 1.165) is 0 Å². The summed E-state index contributed by atoms with van der Waals surface area (Å²) < 4.78 is 0. The second-order valence-corrected chi connectivity index (χ2v) is 1.11. The van der Waals surface area contributed by atoms with Gasteiger partial charge in [0.05, 0.1) is 6.73 Å². The molecule has 0 rings (SSSR count). The summed E-state index contributed by atoms with van der Waals surface area (Å²) in [6, 6.07) is 0. The van der Waals surface area contributed by atoms with E-state index in [-0.39, 0.29) is 6.73 Å². The first kappa shape index (κ1) is 6.84. The largest absolute Gasteiger partial charge is 0.381 e. The van der Waals surface area contributed by atoms with Crippen LogP contribution in [0.15, 0.2) is 0 Å². The van der Waals surface area contributed by atoms with Crippen molar-refractivity contribution in [2.75, 3.05) is 19.8 Å². The Hall–Kier alpha value is -0.160. The fourth-order valence-electron chi connectivity index (χ4n) is 0.240. The maximum absolute atomic E-state index is 8.11. The van der Waals surface area contributed by atoms with Crippen molar-refractivity contribution in [1.29, 1.82) is 0 Å². The topological polar surface area (TPSA) is 70.3 Å². The van der Waals surface area contributed by atoms with E-state index in [4.69, 9.17) is 10.9 Å². The Bertz CT molecular complexity index is 29.4. The third-order valence-electron chi connectivity index (χ3n) is 0.558. The van der Waals surface area contributed by atoms with E-state index < -0.39 is 0 Å². The molecule has 5 N–H and O–H groups in total. The van der Waals surface area contributed by atoms with Crippen LogP contribution < -0.4 is 16.6 Å². The van der Waals surface area contributed by atoms with Gasteiger partial charge < -0.3 is 5.11 Å². The molecule has 0 radical (unpaired) electrons. The molecule has 0 bridgehead atoms. The molecule has 44 valence electrons. The quantitative estimate of drug-likeness (QED) is 0.144. The van der Waals surface area contributed by atoms with E-state index in [1.165, 1.54) is 0 Å². The van der Waals surface area contributed by atoms with Crippen LogP contribution in [0.1, 0.15) is 0 Å². The van der Waals surface area contributed by atoms with Gasteiger partial charge in [0.25, 0.3) is 0 Å². The number of aliphatic hydroxyl groups excluding tert-OH is 1. The molecule has 0 aliphatic carbocycles. The Labute approximate surface area is 42.7 Å². The third kappa shape index (κ3) is 5.84. The fraction of sp³-hybridized carbons (Fsp3) is 1.00. The average Bonchev–Trinajstić information content (AvgIpc) is 1.69. The van der Waals surface area contributed by atoms with E-state index in [2.05, 4.69) is 10.7 Å². The second kappa shape index (κ2) is 5.84. The summed E-state index contributed by atoms with van der Waals surface area (Å²) in [5, 5.41) is 10.8. The summed E-state index contributed by atoms with van der Waals surface area (Å²) in [5.41, 5.74) is 2.43. The SMILES string of the molecule is NNCCNCO. The van der Waals surface area contributed by atoms with Gasteiger partial charge in [-0.1, -0.05) is 0 Å². The first-order valence-corrected chi connectivity index (χ1v) is 2.17.